The van der Waals surface area contributed by atoms with Crippen molar-refractivity contribution in [1.29, 1.82) is 0 Å². The van der Waals surface area contributed by atoms with Crippen LogP contribution >= 0.6 is 0 Å². The molecule has 3 heterocycles. The second-order valence-corrected chi connectivity index (χ2v) is 6.29. The molecule has 140 valence electrons. The summed E-state index contributed by atoms with van der Waals surface area (Å²) in [5.41, 5.74) is 4.15. The van der Waals surface area contributed by atoms with Gasteiger partial charge in [0.2, 0.25) is 6.79 Å². The van der Waals surface area contributed by atoms with E-state index in [-0.39, 0.29) is 12.7 Å². The van der Waals surface area contributed by atoms with Crippen molar-refractivity contribution in [2.24, 2.45) is 0 Å². The highest BCUT2D eigenvalue weighted by Crippen LogP contribution is 2.34. The van der Waals surface area contributed by atoms with Crippen LogP contribution in [0.4, 0.5) is 5.69 Å². The highest BCUT2D eigenvalue weighted by Gasteiger charge is 2.36. The number of para-hydroxylation sites is 1. The van der Waals surface area contributed by atoms with E-state index < -0.39 is 12.1 Å². The highest BCUT2D eigenvalue weighted by atomic mass is 16.7. The van der Waals surface area contributed by atoms with Crippen LogP contribution < -0.4 is 20.2 Å². The lowest BCUT2D eigenvalue weighted by Gasteiger charge is -2.36. The molecule has 0 aliphatic carbocycles. The van der Waals surface area contributed by atoms with Crippen molar-refractivity contribution >= 4 is 17.5 Å². The van der Waals surface area contributed by atoms with E-state index in [0.29, 0.717) is 34.1 Å². The van der Waals surface area contributed by atoms with Crippen molar-refractivity contribution in [2.45, 2.75) is 6.17 Å². The summed E-state index contributed by atoms with van der Waals surface area (Å²) in [6.45, 7) is 0.117. The minimum atomic E-state index is -0.685. The molecule has 2 aliphatic heterocycles. The lowest BCUT2D eigenvalue weighted by atomic mass is 10.1. The number of nitrogens with one attached hydrogen (secondary N) is 2. The third kappa shape index (κ3) is 2.62. The van der Waals surface area contributed by atoms with Crippen LogP contribution in [0.2, 0.25) is 0 Å². The summed E-state index contributed by atoms with van der Waals surface area (Å²) in [5, 5.41) is 4.46. The molecule has 8 heteroatoms. The van der Waals surface area contributed by atoms with Gasteiger partial charge in [-0.25, -0.2) is 5.01 Å². The third-order valence-corrected chi connectivity index (χ3v) is 4.60. The molecule has 28 heavy (non-hydrogen) atoms. The predicted octanol–water partition coefficient (Wildman–Crippen LogP) is 2.92. The van der Waals surface area contributed by atoms with Gasteiger partial charge < -0.3 is 19.2 Å². The third-order valence-electron chi connectivity index (χ3n) is 4.60. The summed E-state index contributed by atoms with van der Waals surface area (Å²) < 4.78 is 16.1. The molecule has 1 atom stereocenters. The lowest BCUT2D eigenvalue weighted by molar-refractivity contribution is 0.0467. The highest BCUT2D eigenvalue weighted by molar-refractivity contribution is 6.04. The van der Waals surface area contributed by atoms with Crippen LogP contribution in [0.1, 0.15) is 32.6 Å². The number of hydrogen-bond donors (Lipinski definition) is 2. The molecule has 2 aromatic carbocycles. The number of nitrogens with zero attached hydrogens (tertiary/aromatic N) is 1. The number of carbonyl (C=O) groups is 2. The number of amides is 2. The first-order valence-corrected chi connectivity index (χ1v) is 8.64. The van der Waals surface area contributed by atoms with Gasteiger partial charge in [-0.05, 0) is 42.5 Å². The van der Waals surface area contributed by atoms with Gasteiger partial charge in [0.25, 0.3) is 11.8 Å². The summed E-state index contributed by atoms with van der Waals surface area (Å²) in [7, 11) is 0. The lowest BCUT2D eigenvalue weighted by Crippen LogP contribution is -2.52. The Kier molecular flexibility index (Phi) is 3.68. The standard InChI is InChI=1S/C20H15N3O5/c24-19(12-7-8-15-17(10-12)28-11-27-15)22-23-18(16-6-3-9-26-16)21-14-5-2-1-4-13(14)20(23)25/h1-10,18,21H,11H2,(H,22,24). The maximum atomic E-state index is 13.1. The van der Waals surface area contributed by atoms with E-state index in [0.717, 1.165) is 0 Å². The van der Waals surface area contributed by atoms with Crippen molar-refractivity contribution in [1.82, 2.24) is 10.4 Å². The maximum Gasteiger partial charge on any atom is 0.276 e. The SMILES string of the molecule is O=C(NN1C(=O)c2ccccc2NC1c1ccco1)c1ccc2c(c1)OCO2. The van der Waals surface area contributed by atoms with Crippen LogP contribution in [-0.4, -0.2) is 23.6 Å². The van der Waals surface area contributed by atoms with Crippen LogP contribution in [0.5, 0.6) is 11.5 Å². The van der Waals surface area contributed by atoms with Gasteiger partial charge in [-0.3, -0.25) is 15.0 Å². The average Bonchev–Trinajstić information content (AvgIpc) is 3.41. The Hall–Kier alpha value is -3.94. The Bertz CT molecular complexity index is 1060. The molecular formula is C20H15N3O5. The largest absolute Gasteiger partial charge is 0.465 e. The Morgan fingerprint density at radius 1 is 1.07 bits per heavy atom. The first-order valence-electron chi connectivity index (χ1n) is 8.64. The monoisotopic (exact) mass is 377 g/mol. The van der Waals surface area contributed by atoms with Crippen LogP contribution in [0, 0.1) is 0 Å². The van der Waals surface area contributed by atoms with E-state index >= 15 is 0 Å². The Labute approximate surface area is 159 Å². The fourth-order valence-corrected chi connectivity index (χ4v) is 3.23. The van der Waals surface area contributed by atoms with Crippen molar-refractivity contribution in [3.8, 4) is 11.5 Å². The molecule has 0 saturated carbocycles. The average molecular weight is 377 g/mol. The van der Waals surface area contributed by atoms with Crippen LogP contribution in [0.15, 0.2) is 65.3 Å². The molecule has 2 amide bonds. The van der Waals surface area contributed by atoms with Crippen molar-refractivity contribution in [3.05, 3.63) is 77.7 Å². The Balaban J connectivity index is 1.47. The minimum Gasteiger partial charge on any atom is -0.465 e. The van der Waals surface area contributed by atoms with E-state index in [1.807, 2.05) is 6.07 Å². The van der Waals surface area contributed by atoms with Crippen LogP contribution in [-0.2, 0) is 0 Å². The van der Waals surface area contributed by atoms with E-state index in [1.54, 1.807) is 48.5 Å². The molecule has 0 spiro atoms. The number of anilines is 1. The molecule has 2 aliphatic rings. The van der Waals surface area contributed by atoms with E-state index in [1.165, 1.54) is 11.3 Å². The van der Waals surface area contributed by atoms with Gasteiger partial charge >= 0.3 is 0 Å². The maximum absolute atomic E-state index is 13.1. The minimum absolute atomic E-state index is 0.117. The quantitative estimate of drug-likeness (QED) is 0.729. The molecule has 0 saturated heterocycles. The summed E-state index contributed by atoms with van der Waals surface area (Å²) in [6.07, 6.45) is 0.829. The summed E-state index contributed by atoms with van der Waals surface area (Å²) in [4.78, 5) is 25.9. The van der Waals surface area contributed by atoms with Crippen LogP contribution in [0.25, 0.3) is 0 Å². The number of carbonyl (C=O) groups excluding carboxylic acids is 2. The topological polar surface area (TPSA) is 93.0 Å². The number of hydrazine groups is 1. The first-order chi connectivity index (χ1) is 13.7. The fraction of sp³-hybridized carbons (Fsp3) is 0.100. The van der Waals surface area contributed by atoms with Gasteiger partial charge in [-0.1, -0.05) is 12.1 Å². The van der Waals surface area contributed by atoms with Gasteiger partial charge in [-0.2, -0.15) is 0 Å². The van der Waals surface area contributed by atoms with E-state index in [4.69, 9.17) is 13.9 Å². The molecule has 5 rings (SSSR count). The summed E-state index contributed by atoms with van der Waals surface area (Å²) >= 11 is 0. The molecule has 1 aromatic heterocycles. The molecule has 0 fully saturated rings. The van der Waals surface area contributed by atoms with Crippen molar-refractivity contribution < 1.29 is 23.5 Å². The number of furan rings is 1. The summed E-state index contributed by atoms with van der Waals surface area (Å²) in [6, 6.07) is 15.4. The molecule has 3 aromatic rings. The number of rotatable bonds is 3. The smallest absolute Gasteiger partial charge is 0.276 e. The normalized spacial score (nSPS) is 17.1. The number of fused-ring (bicyclic) bond motifs is 2. The second-order valence-electron chi connectivity index (χ2n) is 6.29. The fourth-order valence-electron chi connectivity index (χ4n) is 3.23. The number of hydrogen-bond acceptors (Lipinski definition) is 6. The van der Waals surface area contributed by atoms with E-state index in [9.17, 15) is 9.59 Å². The Morgan fingerprint density at radius 2 is 1.93 bits per heavy atom. The zero-order valence-electron chi connectivity index (χ0n) is 14.5. The molecule has 0 bridgehead atoms. The Morgan fingerprint density at radius 3 is 2.79 bits per heavy atom. The van der Waals surface area contributed by atoms with Crippen LogP contribution in [0.3, 0.4) is 0 Å². The summed E-state index contributed by atoms with van der Waals surface area (Å²) in [5.74, 6) is 0.765. The number of ether oxygens (including phenoxy) is 2. The van der Waals surface area contributed by atoms with Gasteiger partial charge in [0.15, 0.2) is 17.7 Å². The zero-order chi connectivity index (χ0) is 19.1. The molecule has 2 N–H and O–H groups in total. The van der Waals surface area contributed by atoms with Gasteiger partial charge in [0.05, 0.1) is 11.8 Å². The van der Waals surface area contributed by atoms with Gasteiger partial charge in [-0.15, -0.1) is 0 Å². The second kappa shape index (κ2) is 6.34. The number of benzene rings is 2. The van der Waals surface area contributed by atoms with Gasteiger partial charge in [0.1, 0.15) is 5.76 Å². The predicted molar refractivity (Wildman–Crippen MR) is 97.7 cm³/mol. The molecule has 0 radical (unpaired) electrons. The molecule has 1 unspecified atom stereocenters. The molecule has 8 nitrogen and oxygen atoms in total. The zero-order valence-corrected chi connectivity index (χ0v) is 14.5. The first kappa shape index (κ1) is 16.2. The molecular weight excluding hydrogens is 362 g/mol. The van der Waals surface area contributed by atoms with Crippen molar-refractivity contribution in [3.63, 3.8) is 0 Å². The van der Waals surface area contributed by atoms with Gasteiger partial charge in [0, 0.05) is 11.3 Å². The van der Waals surface area contributed by atoms with E-state index in [2.05, 4.69) is 10.7 Å². The van der Waals surface area contributed by atoms with Crippen molar-refractivity contribution in [2.75, 3.05) is 12.1 Å².